The molecule has 1 aromatic heterocycles. The van der Waals surface area contributed by atoms with Crippen LogP contribution in [-0.4, -0.2) is 77.1 Å². The van der Waals surface area contributed by atoms with Gasteiger partial charge >= 0.3 is 29.8 Å². The highest BCUT2D eigenvalue weighted by Crippen LogP contribution is 2.79. The van der Waals surface area contributed by atoms with Gasteiger partial charge in [0, 0.05) is 39.1 Å². The van der Waals surface area contributed by atoms with Gasteiger partial charge in [-0.15, -0.1) is 0 Å². The third-order valence-corrected chi connectivity index (χ3v) is 12.6. The number of fused-ring (bicyclic) bond motifs is 2. The largest absolute Gasteiger partial charge is 0.462 e. The van der Waals surface area contributed by atoms with E-state index in [9.17, 15) is 24.0 Å². The van der Waals surface area contributed by atoms with Crippen LogP contribution in [0.1, 0.15) is 82.0 Å². The fourth-order valence-corrected chi connectivity index (χ4v) is 10.9. The molecule has 1 aromatic carbocycles. The highest BCUT2D eigenvalue weighted by molar-refractivity contribution is 5.90. The van der Waals surface area contributed by atoms with Crippen molar-refractivity contribution in [2.24, 2.45) is 40.4 Å². The lowest BCUT2D eigenvalue weighted by Gasteiger charge is -2.50. The van der Waals surface area contributed by atoms with Crippen molar-refractivity contribution in [1.29, 1.82) is 0 Å². The predicted octanol–water partition coefficient (Wildman–Crippen LogP) is 4.73. The van der Waals surface area contributed by atoms with E-state index in [0.29, 0.717) is 12.0 Å². The molecule has 4 saturated carbocycles. The fourth-order valence-electron chi connectivity index (χ4n) is 10.9. The minimum Gasteiger partial charge on any atom is -0.462 e. The number of esters is 5. The smallest absolute Gasteiger partial charge is 0.340 e. The quantitative estimate of drug-likeness (QED) is 0.289. The Morgan fingerprint density at radius 1 is 0.804 bits per heavy atom. The molecule has 2 bridgehead atoms. The number of rotatable bonds is 7. The van der Waals surface area contributed by atoms with Crippen molar-refractivity contribution in [3.63, 3.8) is 0 Å². The molecule has 1 aliphatic heterocycles. The second-order valence-electron chi connectivity index (χ2n) is 15.9. The van der Waals surface area contributed by atoms with Gasteiger partial charge in [-0.1, -0.05) is 39.0 Å². The molecule has 0 radical (unpaired) electrons. The molecule has 0 unspecified atom stereocenters. The van der Waals surface area contributed by atoms with Gasteiger partial charge in [-0.3, -0.25) is 19.4 Å². The van der Waals surface area contributed by atoms with Crippen molar-refractivity contribution in [3.8, 4) is 0 Å². The number of hydrogen-bond acceptors (Lipinski definition) is 12. The number of hydrogen-bond donors (Lipinski definition) is 0. The van der Waals surface area contributed by atoms with E-state index in [4.69, 9.17) is 28.4 Å². The van der Waals surface area contributed by atoms with E-state index in [1.165, 1.54) is 33.2 Å². The maximum Gasteiger partial charge on any atom is 0.340 e. The van der Waals surface area contributed by atoms with E-state index in [-0.39, 0.29) is 35.8 Å². The van der Waals surface area contributed by atoms with Crippen molar-refractivity contribution in [2.45, 2.75) is 96.9 Å². The van der Waals surface area contributed by atoms with Crippen molar-refractivity contribution in [3.05, 3.63) is 66.0 Å². The maximum atomic E-state index is 14.1. The molecule has 12 nitrogen and oxygen atoms in total. The Balaban J connectivity index is 1.49. The summed E-state index contributed by atoms with van der Waals surface area (Å²) in [5, 5.41) is 0. The van der Waals surface area contributed by atoms with Crippen molar-refractivity contribution in [1.82, 2.24) is 4.98 Å². The lowest BCUT2D eigenvalue weighted by molar-refractivity contribution is -0.239. The van der Waals surface area contributed by atoms with Gasteiger partial charge in [-0.05, 0) is 67.2 Å². The zero-order chi connectivity index (χ0) is 36.7. The number of aromatic nitrogens is 1. The molecule has 12 heteroatoms. The second kappa shape index (κ2) is 12.1. The summed E-state index contributed by atoms with van der Waals surface area (Å²) in [5.41, 5.74) is -4.04. The van der Waals surface area contributed by atoms with Crippen LogP contribution < -0.4 is 0 Å². The molecule has 2 heterocycles. The van der Waals surface area contributed by atoms with Crippen LogP contribution in [-0.2, 0) is 42.8 Å². The Morgan fingerprint density at radius 2 is 1.47 bits per heavy atom. The zero-order valence-corrected chi connectivity index (χ0v) is 30.0. The highest BCUT2D eigenvalue weighted by atomic mass is 16.6. The van der Waals surface area contributed by atoms with Gasteiger partial charge in [-0.2, -0.15) is 0 Å². The molecule has 5 fully saturated rings. The van der Waals surface area contributed by atoms with E-state index in [1.54, 1.807) is 42.5 Å². The molecule has 272 valence electrons. The van der Waals surface area contributed by atoms with E-state index in [1.807, 2.05) is 13.8 Å². The maximum absolute atomic E-state index is 14.1. The fraction of sp³-hybridized carbons (Fsp3) is 0.590. The van der Waals surface area contributed by atoms with Gasteiger partial charge in [0.05, 0.1) is 29.1 Å². The average Bonchev–Trinajstić information content (AvgIpc) is 3.32. The van der Waals surface area contributed by atoms with Crippen LogP contribution in [0, 0.1) is 40.4 Å². The Morgan fingerprint density at radius 3 is 2.10 bits per heavy atom. The topological polar surface area (TPSA) is 154 Å². The van der Waals surface area contributed by atoms with Crippen LogP contribution in [0.4, 0.5) is 0 Å². The third-order valence-electron chi connectivity index (χ3n) is 12.6. The molecular formula is C39H45NO11. The number of carbonyl (C=O) groups is 5. The summed E-state index contributed by atoms with van der Waals surface area (Å²) in [6, 6.07) is 11.8. The Labute approximate surface area is 296 Å². The summed E-state index contributed by atoms with van der Waals surface area (Å²) in [6.45, 7) is 11.8. The summed E-state index contributed by atoms with van der Waals surface area (Å²) < 4.78 is 39.0. The summed E-state index contributed by atoms with van der Waals surface area (Å²) in [7, 11) is 0. The van der Waals surface area contributed by atoms with Crippen molar-refractivity contribution < 1.29 is 52.4 Å². The molecule has 51 heavy (non-hydrogen) atoms. The Hall–Kier alpha value is -4.32. The standard InChI is InChI=1S/C39H45NO11/c1-20-17-39(51-23(4)43)29(30(20)47-21(2)41)32(48-22(3)42)38-19-46-37(7,35(39)50-34(45)25-14-11-15-40-18-25)31(38)28-26(36(28,5)6)16-27(38)49-33(44)24-12-9-8-10-13-24/h8-15,18,20,26-32,35H,16-17,19H2,1-7H3/t20-,26-,27+,28-,29+,30-,31-,32+,35-,37+,38+,39+/m0/s1. The van der Waals surface area contributed by atoms with Crippen molar-refractivity contribution in [2.75, 3.05) is 6.61 Å². The van der Waals surface area contributed by atoms with Crippen LogP contribution in [0.25, 0.3) is 0 Å². The number of benzene rings is 1. The summed E-state index contributed by atoms with van der Waals surface area (Å²) in [4.78, 5) is 71.5. The van der Waals surface area contributed by atoms with Gasteiger partial charge in [-0.25, -0.2) is 9.59 Å². The first kappa shape index (κ1) is 35.1. The lowest BCUT2D eigenvalue weighted by atomic mass is 9.57. The zero-order valence-electron chi connectivity index (χ0n) is 30.0. The molecule has 5 aliphatic rings. The molecule has 2 aromatic rings. The number of pyridine rings is 1. The normalized spacial score (nSPS) is 39.5. The minimum atomic E-state index is -1.70. The van der Waals surface area contributed by atoms with E-state index in [0.717, 1.165) is 0 Å². The molecule has 12 atom stereocenters. The van der Waals surface area contributed by atoms with Crippen LogP contribution in [0.15, 0.2) is 54.9 Å². The highest BCUT2D eigenvalue weighted by Gasteiger charge is 2.87. The molecule has 0 amide bonds. The van der Waals surface area contributed by atoms with Gasteiger partial charge in [0.2, 0.25) is 0 Å². The summed E-state index contributed by atoms with van der Waals surface area (Å²) in [6.07, 6.45) is -0.769. The lowest BCUT2D eigenvalue weighted by Crippen LogP contribution is -2.64. The summed E-state index contributed by atoms with van der Waals surface area (Å²) in [5.74, 6) is -5.15. The number of nitrogens with zero attached hydrogens (tertiary/aromatic N) is 1. The van der Waals surface area contributed by atoms with Crippen LogP contribution in [0.5, 0.6) is 0 Å². The van der Waals surface area contributed by atoms with E-state index < -0.39 is 88.6 Å². The molecular weight excluding hydrogens is 658 g/mol. The van der Waals surface area contributed by atoms with Gasteiger partial charge in [0.15, 0.2) is 11.7 Å². The Kier molecular flexibility index (Phi) is 8.35. The van der Waals surface area contributed by atoms with Crippen LogP contribution >= 0.6 is 0 Å². The van der Waals surface area contributed by atoms with E-state index >= 15 is 0 Å². The molecule has 0 spiro atoms. The monoisotopic (exact) mass is 703 g/mol. The van der Waals surface area contributed by atoms with Crippen LogP contribution in [0.2, 0.25) is 0 Å². The number of ether oxygens (including phenoxy) is 6. The second-order valence-corrected chi connectivity index (χ2v) is 15.9. The third kappa shape index (κ3) is 5.26. The molecule has 0 N–H and O–H groups in total. The molecule has 1 saturated heterocycles. The molecule has 4 aliphatic carbocycles. The number of carbonyl (C=O) groups excluding carboxylic acids is 5. The SMILES string of the molecule is CC(=O)O[C@@H]1[C@@H]2[C@@H](OC(C)=O)[C@@]34CO[C@@](C)([C@H](OC(=O)c5cccnc5)[C@@]2(OC(C)=O)C[C@@H]1C)[C@@H]3[C@@H]1[C@H](C[C@H]4OC(=O)c2ccccc2)C1(C)C. The minimum absolute atomic E-state index is 0.0348. The first-order valence-corrected chi connectivity index (χ1v) is 17.6. The Bertz CT molecular complexity index is 1750. The van der Waals surface area contributed by atoms with Gasteiger partial charge in [0.25, 0.3) is 0 Å². The summed E-state index contributed by atoms with van der Waals surface area (Å²) >= 11 is 0. The first-order valence-electron chi connectivity index (χ1n) is 17.6. The van der Waals surface area contributed by atoms with Gasteiger partial charge < -0.3 is 28.4 Å². The van der Waals surface area contributed by atoms with E-state index in [2.05, 4.69) is 18.8 Å². The average molecular weight is 704 g/mol. The first-order chi connectivity index (χ1) is 24.1. The predicted molar refractivity (Wildman–Crippen MR) is 178 cm³/mol. The van der Waals surface area contributed by atoms with Crippen LogP contribution in [0.3, 0.4) is 0 Å². The molecule has 7 rings (SSSR count). The van der Waals surface area contributed by atoms with Gasteiger partial charge in [0.1, 0.15) is 23.9 Å². The van der Waals surface area contributed by atoms with Crippen molar-refractivity contribution >= 4 is 29.8 Å².